The molecule has 1 aromatic heterocycles. The number of aromatic nitrogens is 2. The Hall–Kier alpha value is -0.360. The van der Waals surface area contributed by atoms with Gasteiger partial charge >= 0.3 is 55.2 Å². The summed E-state index contributed by atoms with van der Waals surface area (Å²) in [6.45, 7) is 6.81. The average molecular weight is 144 g/mol. The van der Waals surface area contributed by atoms with Crippen molar-refractivity contribution in [1.82, 2.24) is 9.97 Å². The maximum absolute atomic E-state index is 4.19. The SMILES string of the molecule is C[PH](C)(C)c1ncc[nH]1. The van der Waals surface area contributed by atoms with E-state index >= 15 is 0 Å². The molecule has 1 N–H and O–H groups in total. The second-order valence-corrected chi connectivity index (χ2v) is 8.16. The van der Waals surface area contributed by atoms with E-state index in [1.165, 1.54) is 5.57 Å². The first-order chi connectivity index (χ1) is 4.11. The Morgan fingerprint density at radius 2 is 2.11 bits per heavy atom. The van der Waals surface area contributed by atoms with E-state index < -0.39 is 7.26 Å². The zero-order valence-electron chi connectivity index (χ0n) is 6.10. The molecule has 1 rings (SSSR count). The van der Waals surface area contributed by atoms with E-state index in [1.54, 1.807) is 0 Å². The summed E-state index contributed by atoms with van der Waals surface area (Å²) in [4.78, 5) is 7.32. The molecule has 1 aromatic rings. The van der Waals surface area contributed by atoms with E-state index in [4.69, 9.17) is 0 Å². The Kier molecular flexibility index (Phi) is 1.58. The Balaban J connectivity index is 2.90. The molecule has 0 saturated carbocycles. The van der Waals surface area contributed by atoms with Gasteiger partial charge in [0.15, 0.2) is 0 Å². The molecule has 0 aromatic carbocycles. The molecule has 0 unspecified atom stereocenters. The van der Waals surface area contributed by atoms with Crippen molar-refractivity contribution in [1.29, 1.82) is 0 Å². The van der Waals surface area contributed by atoms with Gasteiger partial charge in [0.1, 0.15) is 0 Å². The molecule has 0 bridgehead atoms. The van der Waals surface area contributed by atoms with E-state index in [0.717, 1.165) is 0 Å². The van der Waals surface area contributed by atoms with Gasteiger partial charge in [-0.05, 0) is 0 Å². The molecular formula is C6H13N2P. The Labute approximate surface area is 56.0 Å². The fourth-order valence-electron chi connectivity index (χ4n) is 0.675. The summed E-state index contributed by atoms with van der Waals surface area (Å²) >= 11 is 0. The summed E-state index contributed by atoms with van der Waals surface area (Å²) in [5.41, 5.74) is 1.18. The number of imidazole rings is 1. The number of nitrogens with one attached hydrogen (secondary N) is 1. The van der Waals surface area contributed by atoms with Gasteiger partial charge in [0, 0.05) is 0 Å². The van der Waals surface area contributed by atoms with Crippen LogP contribution in [0.4, 0.5) is 0 Å². The van der Waals surface area contributed by atoms with Crippen LogP contribution < -0.4 is 5.57 Å². The van der Waals surface area contributed by atoms with Crippen molar-refractivity contribution in [2.24, 2.45) is 0 Å². The monoisotopic (exact) mass is 144 g/mol. The number of hydrogen-bond acceptors (Lipinski definition) is 1. The van der Waals surface area contributed by atoms with Gasteiger partial charge in [0.25, 0.3) is 0 Å². The van der Waals surface area contributed by atoms with Crippen LogP contribution in [0.5, 0.6) is 0 Å². The molecule has 0 aliphatic heterocycles. The van der Waals surface area contributed by atoms with Gasteiger partial charge in [-0.15, -0.1) is 0 Å². The molecule has 0 atom stereocenters. The van der Waals surface area contributed by atoms with Gasteiger partial charge < -0.3 is 0 Å². The number of hydrogen-bond donors (Lipinski definition) is 1. The third-order valence-electron chi connectivity index (χ3n) is 1.21. The van der Waals surface area contributed by atoms with Crippen LogP contribution in [-0.4, -0.2) is 30.0 Å². The quantitative estimate of drug-likeness (QED) is 0.577. The Morgan fingerprint density at radius 3 is 2.33 bits per heavy atom. The summed E-state index contributed by atoms with van der Waals surface area (Å²) < 4.78 is 0. The van der Waals surface area contributed by atoms with Crippen LogP contribution in [0.3, 0.4) is 0 Å². The summed E-state index contributed by atoms with van der Waals surface area (Å²) in [6.07, 6.45) is 3.70. The first-order valence-electron chi connectivity index (χ1n) is 3.10. The van der Waals surface area contributed by atoms with Crippen molar-refractivity contribution >= 4 is 12.8 Å². The van der Waals surface area contributed by atoms with Gasteiger partial charge in [-0.3, -0.25) is 0 Å². The zero-order valence-corrected chi connectivity index (χ0v) is 7.10. The molecule has 1 heterocycles. The fraction of sp³-hybridized carbons (Fsp3) is 0.500. The third-order valence-corrected chi connectivity index (χ3v) is 2.90. The predicted molar refractivity (Wildman–Crippen MR) is 44.3 cm³/mol. The number of nitrogens with zero attached hydrogens (tertiary/aromatic N) is 1. The van der Waals surface area contributed by atoms with Crippen molar-refractivity contribution in [3.63, 3.8) is 0 Å². The van der Waals surface area contributed by atoms with Crippen molar-refractivity contribution < 1.29 is 0 Å². The van der Waals surface area contributed by atoms with Gasteiger partial charge in [0.2, 0.25) is 0 Å². The second kappa shape index (κ2) is 2.11. The number of rotatable bonds is 1. The van der Waals surface area contributed by atoms with Gasteiger partial charge in [-0.1, -0.05) is 0 Å². The number of H-pyrrole nitrogens is 1. The standard InChI is InChI=1S/C6H13N2P/c1-9(2,3)6-7-4-5-8-6/h4-5,9H,1-3H3,(H,7,8). The number of aromatic amines is 1. The molecule has 52 valence electrons. The van der Waals surface area contributed by atoms with Crippen molar-refractivity contribution in [3.05, 3.63) is 12.4 Å². The molecule has 2 nitrogen and oxygen atoms in total. The molecule has 0 amide bonds. The van der Waals surface area contributed by atoms with Crippen LogP contribution in [0.25, 0.3) is 0 Å². The Bertz CT molecular complexity index is 173. The molecule has 9 heavy (non-hydrogen) atoms. The van der Waals surface area contributed by atoms with E-state index in [9.17, 15) is 0 Å². The summed E-state index contributed by atoms with van der Waals surface area (Å²) in [6, 6.07) is 0. The summed E-state index contributed by atoms with van der Waals surface area (Å²) in [7, 11) is -1.15. The zero-order chi connectivity index (χ0) is 6.91. The average Bonchev–Trinajstić information content (AvgIpc) is 2.08. The first kappa shape index (κ1) is 6.76. The van der Waals surface area contributed by atoms with Crippen LogP contribution >= 0.6 is 7.26 Å². The predicted octanol–water partition coefficient (Wildman–Crippen LogP) is 0.674. The van der Waals surface area contributed by atoms with E-state index in [0.29, 0.717) is 0 Å². The maximum atomic E-state index is 4.19. The van der Waals surface area contributed by atoms with E-state index in [1.807, 2.05) is 12.4 Å². The molecule has 3 heteroatoms. The Morgan fingerprint density at radius 1 is 1.44 bits per heavy atom. The van der Waals surface area contributed by atoms with Crippen molar-refractivity contribution in [2.75, 3.05) is 20.0 Å². The van der Waals surface area contributed by atoms with Crippen LogP contribution in [0.15, 0.2) is 12.4 Å². The van der Waals surface area contributed by atoms with Gasteiger partial charge in [-0.2, -0.15) is 0 Å². The first-order valence-corrected chi connectivity index (χ1v) is 6.60. The van der Waals surface area contributed by atoms with Crippen molar-refractivity contribution in [2.45, 2.75) is 0 Å². The van der Waals surface area contributed by atoms with Crippen LogP contribution in [-0.2, 0) is 0 Å². The van der Waals surface area contributed by atoms with Crippen molar-refractivity contribution in [3.8, 4) is 0 Å². The van der Waals surface area contributed by atoms with Gasteiger partial charge in [0.05, 0.1) is 0 Å². The molecule has 0 saturated heterocycles. The molecule has 0 radical (unpaired) electrons. The topological polar surface area (TPSA) is 28.7 Å². The van der Waals surface area contributed by atoms with E-state index in [-0.39, 0.29) is 0 Å². The normalized spacial score (nSPS) is 13.7. The molecule has 0 aliphatic carbocycles. The van der Waals surface area contributed by atoms with Crippen LogP contribution in [0.1, 0.15) is 0 Å². The molecule has 0 spiro atoms. The molecule has 0 fully saturated rings. The second-order valence-electron chi connectivity index (χ2n) is 3.19. The molecule has 0 aliphatic rings. The third kappa shape index (κ3) is 1.52. The molecular weight excluding hydrogens is 131 g/mol. The summed E-state index contributed by atoms with van der Waals surface area (Å²) in [5, 5.41) is 0. The fourth-order valence-corrected chi connectivity index (χ4v) is 1.65. The summed E-state index contributed by atoms with van der Waals surface area (Å²) in [5.74, 6) is 0. The minimum atomic E-state index is -1.15. The van der Waals surface area contributed by atoms with E-state index in [2.05, 4.69) is 30.0 Å². The minimum absolute atomic E-state index is 1.15. The van der Waals surface area contributed by atoms with Crippen LogP contribution in [0, 0.1) is 0 Å². The van der Waals surface area contributed by atoms with Gasteiger partial charge in [-0.25, -0.2) is 0 Å². The van der Waals surface area contributed by atoms with Crippen LogP contribution in [0.2, 0.25) is 0 Å².